The van der Waals surface area contributed by atoms with Gasteiger partial charge in [-0.1, -0.05) is 18.2 Å². The molecular weight excluding hydrogens is 231 g/mol. The van der Waals surface area contributed by atoms with Crippen LogP contribution in [0.4, 0.5) is 4.39 Å². The predicted molar refractivity (Wildman–Crippen MR) is 61.6 cm³/mol. The van der Waals surface area contributed by atoms with E-state index in [1.165, 1.54) is 18.2 Å². The summed E-state index contributed by atoms with van der Waals surface area (Å²) in [5.41, 5.74) is 5.74. The van der Waals surface area contributed by atoms with Gasteiger partial charge < -0.3 is 11.1 Å². The van der Waals surface area contributed by atoms with Gasteiger partial charge in [0.15, 0.2) is 0 Å². The molecule has 0 aliphatic rings. The van der Waals surface area contributed by atoms with Crippen LogP contribution in [0.15, 0.2) is 29.8 Å². The highest BCUT2D eigenvalue weighted by Gasteiger charge is 2.06. The van der Waals surface area contributed by atoms with Crippen molar-refractivity contribution in [3.63, 3.8) is 0 Å². The summed E-state index contributed by atoms with van der Waals surface area (Å²) in [6.07, 6.45) is 0. The lowest BCUT2D eigenvalue weighted by molar-refractivity contribution is 0.1000. The zero-order valence-electron chi connectivity index (χ0n) is 8.59. The highest BCUT2D eigenvalue weighted by molar-refractivity contribution is 6.29. The van der Waals surface area contributed by atoms with Crippen LogP contribution < -0.4 is 11.1 Å². The van der Waals surface area contributed by atoms with E-state index >= 15 is 0 Å². The first-order valence-corrected chi connectivity index (χ1v) is 5.00. The van der Waals surface area contributed by atoms with Crippen molar-refractivity contribution < 1.29 is 9.18 Å². The molecule has 1 aromatic rings. The molecule has 0 unspecified atom stereocenters. The van der Waals surface area contributed by atoms with Gasteiger partial charge in [-0.3, -0.25) is 4.79 Å². The Morgan fingerprint density at radius 1 is 1.56 bits per heavy atom. The Balaban J connectivity index is 2.74. The first kappa shape index (κ1) is 12.7. The zero-order chi connectivity index (χ0) is 12.1. The summed E-state index contributed by atoms with van der Waals surface area (Å²) in [5, 5.41) is 3.32. The molecule has 1 aromatic carbocycles. The van der Waals surface area contributed by atoms with Crippen molar-refractivity contribution in [2.45, 2.75) is 6.54 Å². The number of primary amides is 1. The van der Waals surface area contributed by atoms with Crippen LogP contribution in [-0.2, 0) is 6.54 Å². The van der Waals surface area contributed by atoms with Crippen molar-refractivity contribution in [3.05, 3.63) is 46.8 Å². The Kier molecular flexibility index (Phi) is 4.46. The van der Waals surface area contributed by atoms with Crippen molar-refractivity contribution in [1.29, 1.82) is 0 Å². The second kappa shape index (κ2) is 5.63. The molecule has 3 nitrogen and oxygen atoms in total. The van der Waals surface area contributed by atoms with E-state index in [0.717, 1.165) is 0 Å². The van der Waals surface area contributed by atoms with Crippen LogP contribution in [0, 0.1) is 5.82 Å². The molecule has 5 heteroatoms. The van der Waals surface area contributed by atoms with Gasteiger partial charge >= 0.3 is 0 Å². The fourth-order valence-corrected chi connectivity index (χ4v) is 1.29. The number of halogens is 2. The van der Waals surface area contributed by atoms with Gasteiger partial charge in [0.2, 0.25) is 5.91 Å². The zero-order valence-corrected chi connectivity index (χ0v) is 9.35. The molecule has 0 heterocycles. The summed E-state index contributed by atoms with van der Waals surface area (Å²) in [4.78, 5) is 10.9. The monoisotopic (exact) mass is 242 g/mol. The molecule has 0 aliphatic heterocycles. The van der Waals surface area contributed by atoms with E-state index in [4.69, 9.17) is 17.3 Å². The molecule has 1 amide bonds. The topological polar surface area (TPSA) is 55.1 Å². The van der Waals surface area contributed by atoms with Gasteiger partial charge in [0.25, 0.3) is 0 Å². The molecule has 0 bridgehead atoms. The highest BCUT2D eigenvalue weighted by Crippen LogP contribution is 2.10. The van der Waals surface area contributed by atoms with Crippen molar-refractivity contribution >= 4 is 17.5 Å². The molecule has 0 aliphatic carbocycles. The van der Waals surface area contributed by atoms with Crippen LogP contribution in [0.2, 0.25) is 0 Å². The Morgan fingerprint density at radius 2 is 2.25 bits per heavy atom. The standard InChI is InChI=1S/C11H12ClFN2O/c1-7(12)5-15-6-9-4-8(11(14)16)2-3-10(9)13/h2-4,15H,1,5-6H2,(H2,14,16). The van der Waals surface area contributed by atoms with Crippen molar-refractivity contribution in [1.82, 2.24) is 5.32 Å². The van der Waals surface area contributed by atoms with Gasteiger partial charge in [-0.25, -0.2) is 4.39 Å². The Labute approximate surface area is 98.1 Å². The number of nitrogens with one attached hydrogen (secondary N) is 1. The fraction of sp³-hybridized carbons (Fsp3) is 0.182. The summed E-state index contributed by atoms with van der Waals surface area (Å²) in [5.74, 6) is -0.972. The first-order valence-electron chi connectivity index (χ1n) is 4.63. The quantitative estimate of drug-likeness (QED) is 0.827. The largest absolute Gasteiger partial charge is 0.366 e. The number of nitrogens with two attached hydrogens (primary N) is 1. The van der Waals surface area contributed by atoms with E-state index in [0.29, 0.717) is 17.1 Å². The summed E-state index contributed by atoms with van der Waals surface area (Å²) < 4.78 is 13.3. The minimum Gasteiger partial charge on any atom is -0.366 e. The van der Waals surface area contributed by atoms with Gasteiger partial charge in [-0.2, -0.15) is 0 Å². The molecule has 0 atom stereocenters. The normalized spacial score (nSPS) is 10.1. The summed E-state index contributed by atoms with van der Waals surface area (Å²) in [6, 6.07) is 3.98. The van der Waals surface area contributed by atoms with Crippen LogP contribution in [0.1, 0.15) is 15.9 Å². The van der Waals surface area contributed by atoms with Gasteiger partial charge in [0.1, 0.15) is 5.82 Å². The Bertz CT molecular complexity index is 420. The smallest absolute Gasteiger partial charge is 0.248 e. The minimum atomic E-state index is -0.581. The van der Waals surface area contributed by atoms with Gasteiger partial charge in [0.05, 0.1) is 0 Å². The molecular formula is C11H12ClFN2O. The minimum absolute atomic E-state index is 0.263. The number of amides is 1. The van der Waals surface area contributed by atoms with E-state index in [1.54, 1.807) is 0 Å². The van der Waals surface area contributed by atoms with Gasteiger partial charge in [-0.05, 0) is 18.2 Å². The third-order valence-electron chi connectivity index (χ3n) is 1.96. The predicted octanol–water partition coefficient (Wildman–Crippen LogP) is 1.77. The SMILES string of the molecule is C=C(Cl)CNCc1cc(C(N)=O)ccc1F. The van der Waals surface area contributed by atoms with Crippen LogP contribution in [0.25, 0.3) is 0 Å². The number of rotatable bonds is 5. The molecule has 0 saturated carbocycles. The maximum absolute atomic E-state index is 13.3. The number of carbonyl (C=O) groups is 1. The average molecular weight is 243 g/mol. The lowest BCUT2D eigenvalue weighted by Gasteiger charge is -2.06. The number of hydrogen-bond acceptors (Lipinski definition) is 2. The second-order valence-corrected chi connectivity index (χ2v) is 3.83. The van der Waals surface area contributed by atoms with E-state index in [9.17, 15) is 9.18 Å². The van der Waals surface area contributed by atoms with Crippen LogP contribution >= 0.6 is 11.6 Å². The van der Waals surface area contributed by atoms with Crippen LogP contribution in [0.3, 0.4) is 0 Å². The van der Waals surface area contributed by atoms with E-state index in [2.05, 4.69) is 11.9 Å². The van der Waals surface area contributed by atoms with E-state index < -0.39 is 11.7 Å². The van der Waals surface area contributed by atoms with E-state index in [1.807, 2.05) is 0 Å². The Hall–Kier alpha value is -1.39. The molecule has 3 N–H and O–H groups in total. The molecule has 0 fully saturated rings. The molecule has 86 valence electrons. The summed E-state index contributed by atoms with van der Waals surface area (Å²) >= 11 is 5.54. The lowest BCUT2D eigenvalue weighted by Crippen LogP contribution is -2.17. The first-order chi connectivity index (χ1) is 7.50. The third kappa shape index (κ3) is 3.64. The number of carbonyl (C=O) groups excluding carboxylic acids is 1. The maximum atomic E-state index is 13.3. The fourth-order valence-electron chi connectivity index (χ4n) is 1.20. The van der Waals surface area contributed by atoms with Crippen molar-refractivity contribution in [2.24, 2.45) is 5.73 Å². The second-order valence-electron chi connectivity index (χ2n) is 3.29. The molecule has 0 saturated heterocycles. The number of benzene rings is 1. The van der Waals surface area contributed by atoms with Gasteiger partial charge in [0, 0.05) is 29.2 Å². The molecule has 1 rings (SSSR count). The molecule has 16 heavy (non-hydrogen) atoms. The van der Waals surface area contributed by atoms with Gasteiger partial charge in [-0.15, -0.1) is 0 Å². The summed E-state index contributed by atoms with van der Waals surface area (Å²) in [7, 11) is 0. The lowest BCUT2D eigenvalue weighted by atomic mass is 10.1. The van der Waals surface area contributed by atoms with E-state index in [-0.39, 0.29) is 12.1 Å². The van der Waals surface area contributed by atoms with Crippen LogP contribution in [-0.4, -0.2) is 12.5 Å². The summed E-state index contributed by atoms with van der Waals surface area (Å²) in [6.45, 7) is 4.13. The average Bonchev–Trinajstić information content (AvgIpc) is 2.20. The van der Waals surface area contributed by atoms with Crippen molar-refractivity contribution in [3.8, 4) is 0 Å². The molecule has 0 aromatic heterocycles. The molecule has 0 spiro atoms. The molecule has 0 radical (unpaired) electrons. The van der Waals surface area contributed by atoms with Crippen LogP contribution in [0.5, 0.6) is 0 Å². The maximum Gasteiger partial charge on any atom is 0.248 e. The highest BCUT2D eigenvalue weighted by atomic mass is 35.5. The number of hydrogen-bond donors (Lipinski definition) is 2. The Morgan fingerprint density at radius 3 is 2.81 bits per heavy atom. The van der Waals surface area contributed by atoms with Crippen molar-refractivity contribution in [2.75, 3.05) is 6.54 Å². The third-order valence-corrected chi connectivity index (χ3v) is 2.10.